The number of likely N-dealkylation sites (tertiary alicyclic amines) is 1. The molecule has 1 aromatic rings. The summed E-state index contributed by atoms with van der Waals surface area (Å²) in [5, 5.41) is 7.21. The summed E-state index contributed by atoms with van der Waals surface area (Å²) >= 11 is 0. The molecular weight excluding hydrogens is 276 g/mol. The summed E-state index contributed by atoms with van der Waals surface area (Å²) in [6.07, 6.45) is 5.10. The number of aromatic amines is 1. The molecule has 1 aliphatic heterocycles. The lowest BCUT2D eigenvalue weighted by molar-refractivity contribution is -0.130. The third-order valence-electron chi connectivity index (χ3n) is 4.94. The van der Waals surface area contributed by atoms with Gasteiger partial charge in [0.05, 0.1) is 5.69 Å². The normalized spacial score (nSPS) is 16.9. The van der Waals surface area contributed by atoms with Crippen LogP contribution in [0.15, 0.2) is 0 Å². The molecule has 1 N–H and O–H groups in total. The van der Waals surface area contributed by atoms with E-state index < -0.39 is 0 Å². The summed E-state index contributed by atoms with van der Waals surface area (Å²) in [7, 11) is 1.91. The van der Waals surface area contributed by atoms with E-state index in [4.69, 9.17) is 0 Å². The molecule has 1 amide bonds. The van der Waals surface area contributed by atoms with Crippen molar-refractivity contribution in [1.29, 1.82) is 0 Å². The largest absolute Gasteiger partial charge is 0.345 e. The fourth-order valence-corrected chi connectivity index (χ4v) is 3.23. The number of rotatable bonds is 7. The molecule has 1 fully saturated rings. The summed E-state index contributed by atoms with van der Waals surface area (Å²) in [6, 6.07) is 0.526. The van der Waals surface area contributed by atoms with Crippen molar-refractivity contribution in [1.82, 2.24) is 20.0 Å². The Morgan fingerprint density at radius 1 is 1.36 bits per heavy atom. The van der Waals surface area contributed by atoms with Crippen LogP contribution in [0.2, 0.25) is 0 Å². The Morgan fingerprint density at radius 3 is 2.64 bits per heavy atom. The number of aromatic nitrogens is 2. The van der Waals surface area contributed by atoms with Gasteiger partial charge in [-0.25, -0.2) is 0 Å². The zero-order valence-corrected chi connectivity index (χ0v) is 14.5. The molecule has 0 saturated carbocycles. The molecule has 22 heavy (non-hydrogen) atoms. The van der Waals surface area contributed by atoms with Gasteiger partial charge in [-0.1, -0.05) is 0 Å². The van der Waals surface area contributed by atoms with Gasteiger partial charge < -0.3 is 9.80 Å². The first-order valence-electron chi connectivity index (χ1n) is 8.47. The van der Waals surface area contributed by atoms with Crippen molar-refractivity contribution in [2.75, 3.05) is 26.7 Å². The highest BCUT2D eigenvalue weighted by molar-refractivity contribution is 5.75. The molecule has 124 valence electrons. The first-order valence-corrected chi connectivity index (χ1v) is 8.47. The molecule has 0 radical (unpaired) electrons. The maximum absolute atomic E-state index is 12.3. The minimum atomic E-state index is 0.254. The van der Waals surface area contributed by atoms with E-state index in [1.54, 1.807) is 0 Å². The average Bonchev–Trinajstić information content (AvgIpc) is 3.13. The van der Waals surface area contributed by atoms with E-state index in [2.05, 4.69) is 22.0 Å². The Bertz CT molecular complexity index is 471. The minimum absolute atomic E-state index is 0.254. The average molecular weight is 306 g/mol. The van der Waals surface area contributed by atoms with Crippen LogP contribution >= 0.6 is 0 Å². The monoisotopic (exact) mass is 306 g/mol. The van der Waals surface area contributed by atoms with Crippen LogP contribution in [-0.4, -0.2) is 58.6 Å². The number of hydrogen-bond acceptors (Lipinski definition) is 3. The number of aryl methyl sites for hydroxylation is 2. The van der Waals surface area contributed by atoms with Gasteiger partial charge in [0.25, 0.3) is 0 Å². The molecule has 0 aliphatic carbocycles. The van der Waals surface area contributed by atoms with Crippen molar-refractivity contribution >= 4 is 5.91 Å². The van der Waals surface area contributed by atoms with Crippen LogP contribution in [0.1, 0.15) is 49.6 Å². The number of H-pyrrole nitrogens is 1. The number of carbonyl (C=O) groups excluding carboxylic acids is 1. The van der Waals surface area contributed by atoms with E-state index in [9.17, 15) is 4.79 Å². The molecule has 0 aromatic carbocycles. The van der Waals surface area contributed by atoms with Gasteiger partial charge in [0, 0.05) is 31.7 Å². The van der Waals surface area contributed by atoms with Crippen LogP contribution in [0, 0.1) is 13.8 Å². The van der Waals surface area contributed by atoms with Crippen LogP contribution in [0.4, 0.5) is 0 Å². The third-order valence-corrected chi connectivity index (χ3v) is 4.94. The maximum atomic E-state index is 12.3. The second kappa shape index (κ2) is 7.77. The van der Waals surface area contributed by atoms with E-state index in [1.165, 1.54) is 31.5 Å². The van der Waals surface area contributed by atoms with Gasteiger partial charge in [-0.2, -0.15) is 5.10 Å². The molecule has 5 nitrogen and oxygen atoms in total. The van der Waals surface area contributed by atoms with Crippen molar-refractivity contribution in [3.63, 3.8) is 0 Å². The number of carbonyl (C=O) groups is 1. The van der Waals surface area contributed by atoms with Crippen LogP contribution in [0.25, 0.3) is 0 Å². The Morgan fingerprint density at radius 2 is 2.05 bits per heavy atom. The third kappa shape index (κ3) is 4.32. The molecule has 0 bridgehead atoms. The molecule has 2 rings (SSSR count). The van der Waals surface area contributed by atoms with Crippen molar-refractivity contribution in [3.05, 3.63) is 17.0 Å². The van der Waals surface area contributed by atoms with E-state index in [1.807, 2.05) is 25.8 Å². The van der Waals surface area contributed by atoms with Gasteiger partial charge in [-0.3, -0.25) is 9.89 Å². The fraction of sp³-hybridized carbons (Fsp3) is 0.765. The SMILES string of the molecule is Cc1n[nH]c(C)c1CCN(C)C(=O)CC[C@@H](C)N1CCCC1. The van der Waals surface area contributed by atoms with Gasteiger partial charge >= 0.3 is 0 Å². The van der Waals surface area contributed by atoms with E-state index in [0.29, 0.717) is 12.5 Å². The Labute approximate surface area is 134 Å². The van der Waals surface area contributed by atoms with Crippen molar-refractivity contribution in [3.8, 4) is 0 Å². The molecule has 1 saturated heterocycles. The van der Waals surface area contributed by atoms with Crippen molar-refractivity contribution < 1.29 is 4.79 Å². The summed E-state index contributed by atoms with van der Waals surface area (Å²) in [6.45, 7) is 9.46. The van der Waals surface area contributed by atoms with E-state index >= 15 is 0 Å². The van der Waals surface area contributed by atoms with Crippen LogP contribution in [-0.2, 0) is 11.2 Å². The fourth-order valence-electron chi connectivity index (χ4n) is 3.23. The summed E-state index contributed by atoms with van der Waals surface area (Å²) < 4.78 is 0. The number of amides is 1. The summed E-state index contributed by atoms with van der Waals surface area (Å²) in [5.74, 6) is 0.254. The second-order valence-electron chi connectivity index (χ2n) is 6.61. The predicted octanol–water partition coefficient (Wildman–Crippen LogP) is 2.29. The molecule has 2 heterocycles. The van der Waals surface area contributed by atoms with Gasteiger partial charge in [-0.05, 0) is 65.1 Å². The number of nitrogens with one attached hydrogen (secondary N) is 1. The molecule has 0 spiro atoms. The molecular formula is C17H30N4O. The standard InChI is InChI=1S/C17H30N4O/c1-13(21-10-5-6-11-21)7-8-17(22)20(4)12-9-16-14(2)18-19-15(16)3/h13H,5-12H2,1-4H3,(H,18,19)/t13-/m1/s1. The first-order chi connectivity index (χ1) is 10.5. The molecule has 5 heteroatoms. The molecule has 1 aliphatic rings. The number of likely N-dealkylation sites (N-methyl/N-ethyl adjacent to an activating group) is 1. The van der Waals surface area contributed by atoms with Crippen LogP contribution in [0.5, 0.6) is 0 Å². The topological polar surface area (TPSA) is 52.2 Å². The van der Waals surface area contributed by atoms with E-state index in [0.717, 1.165) is 30.8 Å². The summed E-state index contributed by atoms with van der Waals surface area (Å²) in [4.78, 5) is 16.6. The first kappa shape index (κ1) is 17.0. The Kier molecular flexibility index (Phi) is 6.00. The lowest BCUT2D eigenvalue weighted by Crippen LogP contribution is -2.33. The zero-order valence-electron chi connectivity index (χ0n) is 14.5. The number of hydrogen-bond donors (Lipinski definition) is 1. The lowest BCUT2D eigenvalue weighted by atomic mass is 10.1. The van der Waals surface area contributed by atoms with Crippen molar-refractivity contribution in [2.24, 2.45) is 0 Å². The minimum Gasteiger partial charge on any atom is -0.345 e. The second-order valence-corrected chi connectivity index (χ2v) is 6.61. The van der Waals surface area contributed by atoms with Crippen LogP contribution in [0.3, 0.4) is 0 Å². The lowest BCUT2D eigenvalue weighted by Gasteiger charge is -2.24. The molecule has 0 unspecified atom stereocenters. The molecule has 1 atom stereocenters. The van der Waals surface area contributed by atoms with Gasteiger partial charge in [0.2, 0.25) is 5.91 Å². The maximum Gasteiger partial charge on any atom is 0.222 e. The zero-order chi connectivity index (χ0) is 16.1. The van der Waals surface area contributed by atoms with Crippen LogP contribution < -0.4 is 0 Å². The number of nitrogens with zero attached hydrogens (tertiary/aromatic N) is 3. The smallest absolute Gasteiger partial charge is 0.222 e. The highest BCUT2D eigenvalue weighted by atomic mass is 16.2. The van der Waals surface area contributed by atoms with Gasteiger partial charge in [0.1, 0.15) is 0 Å². The quantitative estimate of drug-likeness (QED) is 0.841. The predicted molar refractivity (Wildman–Crippen MR) is 88.9 cm³/mol. The Hall–Kier alpha value is -1.36. The van der Waals surface area contributed by atoms with Gasteiger partial charge in [-0.15, -0.1) is 0 Å². The molecule has 1 aromatic heterocycles. The highest BCUT2D eigenvalue weighted by Crippen LogP contribution is 2.16. The highest BCUT2D eigenvalue weighted by Gasteiger charge is 2.19. The van der Waals surface area contributed by atoms with Gasteiger partial charge in [0.15, 0.2) is 0 Å². The van der Waals surface area contributed by atoms with Crippen molar-refractivity contribution in [2.45, 2.75) is 58.9 Å². The Balaban J connectivity index is 1.72. The van der Waals surface area contributed by atoms with E-state index in [-0.39, 0.29) is 5.91 Å². The summed E-state index contributed by atoms with van der Waals surface area (Å²) in [5.41, 5.74) is 3.40.